The van der Waals surface area contributed by atoms with Crippen LogP contribution in [0.2, 0.25) is 0 Å². The van der Waals surface area contributed by atoms with Gasteiger partial charge in [-0.3, -0.25) is 9.59 Å². The average Bonchev–Trinajstić information content (AvgIpc) is 2.67. The molecule has 1 fully saturated rings. The second-order valence-electron chi connectivity index (χ2n) is 6.54. The molecule has 1 heterocycles. The summed E-state index contributed by atoms with van der Waals surface area (Å²) in [7, 11) is 0. The summed E-state index contributed by atoms with van der Waals surface area (Å²) in [6.45, 7) is 4.44. The molecule has 1 aliphatic rings. The molecule has 1 N–H and O–H groups in total. The van der Waals surface area contributed by atoms with Gasteiger partial charge in [-0.1, -0.05) is 6.58 Å². The molecule has 1 aliphatic heterocycles. The number of carbonyl (C=O) groups is 2. The summed E-state index contributed by atoms with van der Waals surface area (Å²) in [6.07, 6.45) is 2.48. The molecule has 1 saturated heterocycles. The SMILES string of the molecule is C=CC(=O)Nc1ccc(C(=O)N2CCC(c3cc(F)cc(F)c3)CC2)cc1. The van der Waals surface area contributed by atoms with Crippen LogP contribution in [0.1, 0.15) is 34.7 Å². The first-order valence-corrected chi connectivity index (χ1v) is 8.75. The van der Waals surface area contributed by atoms with E-state index in [-0.39, 0.29) is 17.7 Å². The first-order chi connectivity index (χ1) is 13.0. The highest BCUT2D eigenvalue weighted by Gasteiger charge is 2.25. The molecular formula is C21H20F2N2O2. The molecule has 6 heteroatoms. The first-order valence-electron chi connectivity index (χ1n) is 8.75. The van der Waals surface area contributed by atoms with Gasteiger partial charge in [-0.05, 0) is 66.8 Å². The quantitative estimate of drug-likeness (QED) is 0.824. The number of hydrogen-bond donors (Lipinski definition) is 1. The van der Waals surface area contributed by atoms with E-state index in [1.54, 1.807) is 29.2 Å². The van der Waals surface area contributed by atoms with Crippen LogP contribution in [0, 0.1) is 11.6 Å². The second kappa shape index (κ2) is 8.12. The van der Waals surface area contributed by atoms with E-state index >= 15 is 0 Å². The monoisotopic (exact) mass is 370 g/mol. The molecule has 0 radical (unpaired) electrons. The van der Waals surface area contributed by atoms with Crippen LogP contribution in [0.5, 0.6) is 0 Å². The van der Waals surface area contributed by atoms with Gasteiger partial charge in [0.2, 0.25) is 5.91 Å². The number of nitrogens with one attached hydrogen (secondary N) is 1. The Balaban J connectivity index is 1.61. The average molecular weight is 370 g/mol. The van der Waals surface area contributed by atoms with Crippen molar-refractivity contribution in [1.29, 1.82) is 0 Å². The van der Waals surface area contributed by atoms with Crippen LogP contribution in [0.25, 0.3) is 0 Å². The largest absolute Gasteiger partial charge is 0.339 e. The van der Waals surface area contributed by atoms with Crippen molar-refractivity contribution in [2.45, 2.75) is 18.8 Å². The maximum absolute atomic E-state index is 13.4. The van der Waals surface area contributed by atoms with Gasteiger partial charge in [0.15, 0.2) is 0 Å². The van der Waals surface area contributed by atoms with Gasteiger partial charge < -0.3 is 10.2 Å². The van der Waals surface area contributed by atoms with E-state index in [1.165, 1.54) is 18.2 Å². The first kappa shape index (κ1) is 18.8. The molecule has 2 aromatic rings. The zero-order valence-electron chi connectivity index (χ0n) is 14.8. The van der Waals surface area contributed by atoms with E-state index in [0.29, 0.717) is 42.7 Å². The Kier molecular flexibility index (Phi) is 5.64. The third-order valence-corrected chi connectivity index (χ3v) is 4.72. The number of halogens is 2. The molecule has 140 valence electrons. The van der Waals surface area contributed by atoms with Crippen LogP contribution >= 0.6 is 0 Å². The summed E-state index contributed by atoms with van der Waals surface area (Å²) >= 11 is 0. The molecule has 0 aromatic heterocycles. The minimum atomic E-state index is -0.577. The third kappa shape index (κ3) is 4.58. The highest BCUT2D eigenvalue weighted by atomic mass is 19.1. The lowest BCUT2D eigenvalue weighted by molar-refractivity contribution is -0.111. The summed E-state index contributed by atoms with van der Waals surface area (Å²) in [4.78, 5) is 25.7. The van der Waals surface area contributed by atoms with Gasteiger partial charge in [-0.2, -0.15) is 0 Å². The van der Waals surface area contributed by atoms with Gasteiger partial charge in [-0.25, -0.2) is 8.78 Å². The fourth-order valence-corrected chi connectivity index (χ4v) is 3.30. The molecule has 2 amide bonds. The van der Waals surface area contributed by atoms with Crippen molar-refractivity contribution >= 4 is 17.5 Å². The highest BCUT2D eigenvalue weighted by molar-refractivity contribution is 5.99. The van der Waals surface area contributed by atoms with Crippen molar-refractivity contribution in [3.63, 3.8) is 0 Å². The maximum Gasteiger partial charge on any atom is 0.253 e. The van der Waals surface area contributed by atoms with E-state index in [4.69, 9.17) is 0 Å². The Hall–Kier alpha value is -3.02. The smallest absolute Gasteiger partial charge is 0.253 e. The number of carbonyl (C=O) groups excluding carboxylic acids is 2. The van der Waals surface area contributed by atoms with Gasteiger partial charge >= 0.3 is 0 Å². The molecule has 2 aromatic carbocycles. The number of anilines is 1. The minimum Gasteiger partial charge on any atom is -0.339 e. The van der Waals surface area contributed by atoms with Gasteiger partial charge in [0.25, 0.3) is 5.91 Å². The van der Waals surface area contributed by atoms with Crippen molar-refractivity contribution in [1.82, 2.24) is 4.90 Å². The molecule has 0 saturated carbocycles. The number of nitrogens with zero attached hydrogens (tertiary/aromatic N) is 1. The van der Waals surface area contributed by atoms with Crippen LogP contribution in [0.4, 0.5) is 14.5 Å². The lowest BCUT2D eigenvalue weighted by atomic mass is 9.89. The molecular weight excluding hydrogens is 350 g/mol. The van der Waals surface area contributed by atoms with Crippen LogP contribution in [-0.4, -0.2) is 29.8 Å². The van der Waals surface area contributed by atoms with Crippen molar-refractivity contribution in [3.8, 4) is 0 Å². The van der Waals surface area contributed by atoms with Crippen LogP contribution in [-0.2, 0) is 4.79 Å². The molecule has 4 nitrogen and oxygen atoms in total. The van der Waals surface area contributed by atoms with Crippen molar-refractivity contribution < 1.29 is 18.4 Å². The molecule has 0 aliphatic carbocycles. The third-order valence-electron chi connectivity index (χ3n) is 4.72. The maximum atomic E-state index is 13.4. The molecule has 3 rings (SSSR count). The number of benzene rings is 2. The van der Waals surface area contributed by atoms with Crippen LogP contribution in [0.15, 0.2) is 55.1 Å². The normalized spacial score (nSPS) is 14.7. The van der Waals surface area contributed by atoms with Crippen LogP contribution in [0.3, 0.4) is 0 Å². The lowest BCUT2D eigenvalue weighted by Gasteiger charge is -2.32. The Morgan fingerprint density at radius 3 is 2.19 bits per heavy atom. The summed E-state index contributed by atoms with van der Waals surface area (Å²) in [5.74, 6) is -1.53. The molecule has 0 bridgehead atoms. The van der Waals surface area contributed by atoms with E-state index in [2.05, 4.69) is 11.9 Å². The zero-order chi connectivity index (χ0) is 19.4. The molecule has 0 atom stereocenters. The topological polar surface area (TPSA) is 49.4 Å². The van der Waals surface area contributed by atoms with Crippen molar-refractivity contribution in [2.24, 2.45) is 0 Å². The molecule has 27 heavy (non-hydrogen) atoms. The van der Waals surface area contributed by atoms with Crippen molar-refractivity contribution in [2.75, 3.05) is 18.4 Å². The lowest BCUT2D eigenvalue weighted by Crippen LogP contribution is -2.37. The van der Waals surface area contributed by atoms with Crippen molar-refractivity contribution in [3.05, 3.63) is 77.9 Å². The number of piperidine rings is 1. The summed E-state index contributed by atoms with van der Waals surface area (Å²) in [5, 5.41) is 2.63. The van der Waals surface area contributed by atoms with E-state index in [9.17, 15) is 18.4 Å². The number of hydrogen-bond acceptors (Lipinski definition) is 2. The predicted molar refractivity (Wildman–Crippen MR) is 99.5 cm³/mol. The summed E-state index contributed by atoms with van der Waals surface area (Å²) in [6, 6.07) is 10.2. The summed E-state index contributed by atoms with van der Waals surface area (Å²) < 4.78 is 26.8. The fraction of sp³-hybridized carbons (Fsp3) is 0.238. The Morgan fingerprint density at radius 2 is 1.63 bits per heavy atom. The Bertz CT molecular complexity index is 837. The number of amides is 2. The fourth-order valence-electron chi connectivity index (χ4n) is 3.30. The Labute approximate surface area is 156 Å². The van der Waals surface area contributed by atoms with Gasteiger partial charge in [0.05, 0.1) is 0 Å². The molecule has 0 spiro atoms. The van der Waals surface area contributed by atoms with Gasteiger partial charge in [-0.15, -0.1) is 0 Å². The van der Waals surface area contributed by atoms with Gasteiger partial charge in [0.1, 0.15) is 11.6 Å². The van der Waals surface area contributed by atoms with E-state index in [0.717, 1.165) is 6.07 Å². The molecule has 0 unspecified atom stereocenters. The number of likely N-dealkylation sites (tertiary alicyclic amines) is 1. The highest BCUT2D eigenvalue weighted by Crippen LogP contribution is 2.29. The minimum absolute atomic E-state index is 0.0377. The van der Waals surface area contributed by atoms with Crippen LogP contribution < -0.4 is 5.32 Å². The van der Waals surface area contributed by atoms with E-state index in [1.807, 2.05) is 0 Å². The second-order valence-corrected chi connectivity index (χ2v) is 6.54. The van der Waals surface area contributed by atoms with E-state index < -0.39 is 11.6 Å². The standard InChI is InChI=1S/C21H20F2N2O2/c1-2-20(26)24-19-5-3-15(4-6-19)21(27)25-9-7-14(8-10-25)16-11-17(22)13-18(23)12-16/h2-6,11-14H,1,7-10H2,(H,24,26). The zero-order valence-corrected chi connectivity index (χ0v) is 14.8. The van der Waals surface area contributed by atoms with Gasteiger partial charge in [0, 0.05) is 30.4 Å². The Morgan fingerprint density at radius 1 is 1.04 bits per heavy atom. The number of rotatable bonds is 4. The predicted octanol–water partition coefficient (Wildman–Crippen LogP) is 4.11. The summed E-state index contributed by atoms with van der Waals surface area (Å²) in [5.41, 5.74) is 1.76.